The summed E-state index contributed by atoms with van der Waals surface area (Å²) in [5.74, 6) is -2.31. The molecule has 0 aliphatic heterocycles. The second-order valence-electron chi connectivity index (χ2n) is 25.8. The fourth-order valence-corrected chi connectivity index (χ4v) is 10.1. The van der Waals surface area contributed by atoms with Crippen LogP contribution in [0.2, 0.25) is 0 Å². The number of quaternary nitrogens is 1. The molecule has 0 saturated carbocycles. The molecular weight excluding hydrogens is 1150 g/mol. The number of carbonyl (C=O) groups is 3. The highest BCUT2D eigenvalue weighted by molar-refractivity contribution is 5.70. The summed E-state index contributed by atoms with van der Waals surface area (Å²) >= 11 is 0. The first kappa shape index (κ1) is 87.9. The van der Waals surface area contributed by atoms with Crippen LogP contribution in [0.15, 0.2) is 158 Å². The van der Waals surface area contributed by atoms with Gasteiger partial charge in [-0.1, -0.05) is 320 Å². The molecule has 0 heterocycles. The monoisotopic (exact) mass is 1290 g/mol. The van der Waals surface area contributed by atoms with E-state index in [1.54, 1.807) is 0 Å². The quantitative estimate of drug-likeness (QED) is 0.0195. The van der Waals surface area contributed by atoms with Crippen molar-refractivity contribution in [3.63, 3.8) is 0 Å². The Kier molecular flexibility index (Phi) is 68.8. The van der Waals surface area contributed by atoms with Crippen molar-refractivity contribution in [2.24, 2.45) is 0 Å². The molecule has 0 aliphatic rings. The van der Waals surface area contributed by atoms with Crippen LogP contribution in [0.25, 0.3) is 0 Å². The van der Waals surface area contributed by atoms with Crippen LogP contribution in [0.5, 0.6) is 0 Å². The van der Waals surface area contributed by atoms with Crippen molar-refractivity contribution in [3.8, 4) is 0 Å². The number of rotatable bonds is 68. The summed E-state index contributed by atoms with van der Waals surface area (Å²) in [5.41, 5.74) is 0. The molecule has 0 saturated heterocycles. The minimum absolute atomic E-state index is 0.137. The number of carboxylic acid groups (broad SMARTS) is 1. The lowest BCUT2D eigenvalue weighted by Gasteiger charge is -2.26. The van der Waals surface area contributed by atoms with E-state index in [1.165, 1.54) is 128 Å². The molecule has 9 heteroatoms. The minimum atomic E-state index is -1.64. The van der Waals surface area contributed by atoms with Crippen molar-refractivity contribution < 1.29 is 42.9 Å². The van der Waals surface area contributed by atoms with Crippen molar-refractivity contribution in [1.29, 1.82) is 0 Å². The Morgan fingerprint density at radius 1 is 0.323 bits per heavy atom. The first-order valence-electron chi connectivity index (χ1n) is 37.6. The van der Waals surface area contributed by atoms with E-state index in [1.807, 2.05) is 21.1 Å². The number of ether oxygens (including phenoxy) is 4. The highest BCUT2D eigenvalue weighted by Crippen LogP contribution is 2.17. The molecule has 0 rings (SSSR count). The second kappa shape index (κ2) is 72.7. The number of hydrogen-bond donors (Lipinski definition) is 0. The van der Waals surface area contributed by atoms with Crippen LogP contribution in [-0.4, -0.2) is 82.3 Å². The molecule has 9 nitrogen and oxygen atoms in total. The molecule has 0 aromatic rings. The third kappa shape index (κ3) is 74.2. The smallest absolute Gasteiger partial charge is 0.306 e. The zero-order valence-corrected chi connectivity index (χ0v) is 60.3. The first-order valence-corrected chi connectivity index (χ1v) is 37.6. The van der Waals surface area contributed by atoms with Gasteiger partial charge in [0.05, 0.1) is 40.3 Å². The molecule has 0 amide bonds. The summed E-state index contributed by atoms with van der Waals surface area (Å²) in [5, 5.41) is 11.8. The summed E-state index contributed by atoms with van der Waals surface area (Å²) in [4.78, 5) is 37.5. The van der Waals surface area contributed by atoms with E-state index in [9.17, 15) is 19.5 Å². The Labute approximate surface area is 572 Å². The van der Waals surface area contributed by atoms with E-state index in [4.69, 9.17) is 18.9 Å². The molecular formula is C84H139NO8. The van der Waals surface area contributed by atoms with Crippen LogP contribution in [0, 0.1) is 0 Å². The maximum atomic E-state index is 12.9. The molecule has 2 unspecified atom stereocenters. The molecule has 0 aromatic carbocycles. The Hall–Kier alpha value is -5.09. The van der Waals surface area contributed by atoms with Crippen molar-refractivity contribution in [2.75, 3.05) is 47.5 Å². The van der Waals surface area contributed by atoms with Crippen LogP contribution in [-0.2, 0) is 33.3 Å². The van der Waals surface area contributed by atoms with Crippen molar-refractivity contribution in [3.05, 3.63) is 158 Å². The van der Waals surface area contributed by atoms with Gasteiger partial charge in [-0.25, -0.2) is 0 Å². The lowest BCUT2D eigenvalue weighted by Crippen LogP contribution is -2.44. The van der Waals surface area contributed by atoms with Gasteiger partial charge in [-0.3, -0.25) is 9.59 Å². The van der Waals surface area contributed by atoms with Crippen LogP contribution >= 0.6 is 0 Å². The van der Waals surface area contributed by atoms with Crippen molar-refractivity contribution in [2.45, 2.75) is 309 Å². The van der Waals surface area contributed by atoms with Gasteiger partial charge >= 0.3 is 11.9 Å². The Morgan fingerprint density at radius 3 is 0.860 bits per heavy atom. The van der Waals surface area contributed by atoms with E-state index in [0.717, 1.165) is 135 Å². The number of carbonyl (C=O) groups excluding carboxylic acids is 3. The van der Waals surface area contributed by atoms with Gasteiger partial charge in [0.1, 0.15) is 13.2 Å². The largest absolute Gasteiger partial charge is 0.545 e. The zero-order chi connectivity index (χ0) is 67.5. The summed E-state index contributed by atoms with van der Waals surface area (Å²) in [6, 6.07) is 0. The van der Waals surface area contributed by atoms with E-state index in [0.29, 0.717) is 17.4 Å². The van der Waals surface area contributed by atoms with Gasteiger partial charge < -0.3 is 33.3 Å². The van der Waals surface area contributed by atoms with Crippen molar-refractivity contribution in [1.82, 2.24) is 0 Å². The number of esters is 2. The molecule has 2 atom stereocenters. The molecule has 0 fully saturated rings. The van der Waals surface area contributed by atoms with E-state index >= 15 is 0 Å². The number of likely N-dealkylation sites (N-methyl/N-ethyl adjacent to an activating group) is 1. The molecule has 93 heavy (non-hydrogen) atoms. The van der Waals surface area contributed by atoms with E-state index in [2.05, 4.69) is 172 Å². The Bertz CT molecular complexity index is 2090. The van der Waals surface area contributed by atoms with E-state index < -0.39 is 24.3 Å². The van der Waals surface area contributed by atoms with Gasteiger partial charge in [-0.15, -0.1) is 0 Å². The highest BCUT2D eigenvalue weighted by atomic mass is 16.7. The van der Waals surface area contributed by atoms with Gasteiger partial charge in [-0.2, -0.15) is 0 Å². The average molecular weight is 1290 g/mol. The zero-order valence-electron chi connectivity index (χ0n) is 60.3. The average Bonchev–Trinajstić information content (AvgIpc) is 3.38. The summed E-state index contributed by atoms with van der Waals surface area (Å²) in [6.45, 7) is 4.50. The maximum absolute atomic E-state index is 12.9. The number of hydrogen-bond acceptors (Lipinski definition) is 8. The van der Waals surface area contributed by atoms with Crippen LogP contribution in [0.4, 0.5) is 0 Å². The SMILES string of the molecule is CC/C=C\C/C=C\C/C=C\C/C=C\C/C=C\C/C=C\C/C=C\CCCCCCCC(=O)OC(COC(=O)CCCCCCCCCCCCCCCCCCCCCCCC/C=C\C/C=C\C/C=C\C/C=C\C/C=C\C/C=C\CC)COC(OCC[N+](C)(C)C)C(=O)[O-]. The predicted octanol–water partition coefficient (Wildman–Crippen LogP) is 22.7. The van der Waals surface area contributed by atoms with Gasteiger partial charge in [-0.05, 0) is 122 Å². The molecule has 528 valence electrons. The number of unbranched alkanes of at least 4 members (excludes halogenated alkanes) is 27. The third-order valence-electron chi connectivity index (χ3n) is 15.8. The highest BCUT2D eigenvalue weighted by Gasteiger charge is 2.22. The van der Waals surface area contributed by atoms with Crippen LogP contribution < -0.4 is 5.11 Å². The minimum Gasteiger partial charge on any atom is -0.545 e. The molecule has 0 N–H and O–H groups in total. The molecule has 0 aliphatic carbocycles. The maximum Gasteiger partial charge on any atom is 0.306 e. The van der Waals surface area contributed by atoms with Gasteiger partial charge in [0.15, 0.2) is 12.4 Å². The van der Waals surface area contributed by atoms with Gasteiger partial charge in [0, 0.05) is 12.8 Å². The Balaban J connectivity index is 4.07. The first-order chi connectivity index (χ1) is 45.6. The fraction of sp³-hybridized carbons (Fsp3) is 0.655. The molecule has 0 radical (unpaired) electrons. The molecule has 0 spiro atoms. The topological polar surface area (TPSA) is 111 Å². The standard InChI is InChI=1S/C84H139NO8/c1-6-8-10-12-14-16-18-20-22-24-26-28-30-32-34-35-36-37-38-39-40-41-42-43-44-45-46-47-49-50-52-54-56-58-60-62-64-66-68-70-72-74-81(86)91-78-80(79-92-84(83(88)89)90-77-76-85(3,4)5)93-82(87)75-73-71-69-67-65-63-61-59-57-55-53-51-48-33-31-29-27-25-23-21-19-17-15-13-11-9-7-2/h8-11,14-17,20-23,26-29,32-34,36-37,48,53,55,59,61,80,84H,6-7,12-13,18-19,24-25,30-31,35,38-47,49-52,54,56-58,60,62-79H2,1-5H3/b10-8-,11-9-,16-14-,17-15-,22-20-,23-21-,28-26-,29-27-,34-32-,37-36-,48-33-,55-53-,61-59-. The fourth-order valence-electron chi connectivity index (χ4n) is 10.1. The van der Waals surface area contributed by atoms with Gasteiger partial charge in [0.2, 0.25) is 0 Å². The lowest BCUT2D eigenvalue weighted by molar-refractivity contribution is -0.870. The number of aliphatic carboxylic acids is 1. The summed E-state index contributed by atoms with van der Waals surface area (Å²) in [7, 11) is 5.92. The van der Waals surface area contributed by atoms with Crippen LogP contribution in [0.3, 0.4) is 0 Å². The summed E-state index contributed by atoms with van der Waals surface area (Å²) < 4.78 is 22.8. The Morgan fingerprint density at radius 2 is 0.581 bits per heavy atom. The normalized spacial score (nSPS) is 13.6. The van der Waals surface area contributed by atoms with Gasteiger partial charge in [0.25, 0.3) is 0 Å². The lowest BCUT2D eigenvalue weighted by atomic mass is 10.0. The number of nitrogens with zero attached hydrogens (tertiary/aromatic N) is 1. The van der Waals surface area contributed by atoms with Crippen molar-refractivity contribution >= 4 is 17.9 Å². The third-order valence-corrected chi connectivity index (χ3v) is 15.8. The molecule has 0 bridgehead atoms. The number of allylic oxidation sites excluding steroid dienone is 26. The summed E-state index contributed by atoms with van der Waals surface area (Å²) in [6.07, 6.45) is 105. The van der Waals surface area contributed by atoms with Crippen LogP contribution in [0.1, 0.15) is 296 Å². The molecule has 0 aromatic heterocycles. The predicted molar refractivity (Wildman–Crippen MR) is 398 cm³/mol. The second-order valence-corrected chi connectivity index (χ2v) is 25.8. The van der Waals surface area contributed by atoms with E-state index in [-0.39, 0.29) is 38.6 Å². The number of carboxylic acids is 1.